The normalized spacial score (nSPS) is 10.7. The third-order valence-electron chi connectivity index (χ3n) is 3.27. The second kappa shape index (κ2) is 4.81. The van der Waals surface area contributed by atoms with Crippen LogP contribution in [0.2, 0.25) is 0 Å². The maximum absolute atomic E-state index is 12.3. The molecule has 1 aromatic heterocycles. The minimum absolute atomic E-state index is 0.200. The number of hydrogen-bond acceptors (Lipinski definition) is 2. The van der Waals surface area contributed by atoms with Crippen LogP contribution in [-0.4, -0.2) is 15.5 Å². The molecule has 0 saturated carbocycles. The maximum Gasteiger partial charge on any atom is 0.291 e. The highest BCUT2D eigenvalue weighted by Gasteiger charge is 2.15. The quantitative estimate of drug-likeness (QED) is 0.773. The fraction of sp³-hybridized carbons (Fsp3) is 0.125. The topological polar surface area (TPSA) is 46.9 Å². The van der Waals surface area contributed by atoms with Crippen molar-refractivity contribution in [2.75, 3.05) is 5.32 Å². The summed E-state index contributed by atoms with van der Waals surface area (Å²) in [5, 5.41) is 2.88. The van der Waals surface area contributed by atoms with E-state index < -0.39 is 0 Å². The van der Waals surface area contributed by atoms with Crippen molar-refractivity contribution >= 4 is 22.6 Å². The highest BCUT2D eigenvalue weighted by Crippen LogP contribution is 2.16. The number of nitrogens with one attached hydrogen (secondary N) is 1. The number of aromatic nitrogens is 2. The lowest BCUT2D eigenvalue weighted by Crippen LogP contribution is -2.16. The van der Waals surface area contributed by atoms with Crippen molar-refractivity contribution in [3.05, 3.63) is 59.9 Å². The van der Waals surface area contributed by atoms with Crippen molar-refractivity contribution in [2.24, 2.45) is 7.05 Å². The molecule has 0 unspecified atom stereocenters. The summed E-state index contributed by atoms with van der Waals surface area (Å²) >= 11 is 0. The van der Waals surface area contributed by atoms with Crippen LogP contribution in [0.15, 0.2) is 48.5 Å². The van der Waals surface area contributed by atoms with E-state index in [9.17, 15) is 4.79 Å². The summed E-state index contributed by atoms with van der Waals surface area (Å²) < 4.78 is 1.81. The van der Waals surface area contributed by atoms with Crippen LogP contribution < -0.4 is 5.32 Å². The molecule has 0 aliphatic carbocycles. The molecular formula is C16H15N3O. The van der Waals surface area contributed by atoms with Crippen LogP contribution in [0.1, 0.15) is 16.2 Å². The molecule has 1 heterocycles. The molecule has 0 saturated heterocycles. The van der Waals surface area contributed by atoms with Crippen LogP contribution in [0.4, 0.5) is 5.69 Å². The number of imidazole rings is 1. The number of amides is 1. The molecule has 0 aliphatic rings. The van der Waals surface area contributed by atoms with Gasteiger partial charge in [0, 0.05) is 12.7 Å². The molecular weight excluding hydrogens is 250 g/mol. The molecule has 100 valence electrons. The van der Waals surface area contributed by atoms with Gasteiger partial charge in [-0.05, 0) is 36.8 Å². The van der Waals surface area contributed by atoms with Crippen LogP contribution in [0.3, 0.4) is 0 Å². The minimum atomic E-state index is -0.200. The molecule has 0 radical (unpaired) electrons. The fourth-order valence-electron chi connectivity index (χ4n) is 2.26. The van der Waals surface area contributed by atoms with Gasteiger partial charge in [-0.1, -0.05) is 24.3 Å². The van der Waals surface area contributed by atoms with E-state index >= 15 is 0 Å². The average Bonchev–Trinajstić information content (AvgIpc) is 2.77. The zero-order chi connectivity index (χ0) is 14.1. The summed E-state index contributed by atoms with van der Waals surface area (Å²) in [5.41, 5.74) is 3.65. The molecule has 3 rings (SSSR count). The van der Waals surface area contributed by atoms with Crippen molar-refractivity contribution in [2.45, 2.75) is 6.92 Å². The second-order valence-electron chi connectivity index (χ2n) is 4.81. The molecule has 0 bridgehead atoms. The number of benzene rings is 2. The average molecular weight is 265 g/mol. The minimum Gasteiger partial charge on any atom is -0.323 e. The Labute approximate surface area is 117 Å². The van der Waals surface area contributed by atoms with Crippen molar-refractivity contribution in [1.29, 1.82) is 0 Å². The molecule has 20 heavy (non-hydrogen) atoms. The smallest absolute Gasteiger partial charge is 0.291 e. The van der Waals surface area contributed by atoms with E-state index in [2.05, 4.69) is 10.3 Å². The first-order valence-corrected chi connectivity index (χ1v) is 6.44. The van der Waals surface area contributed by atoms with Crippen molar-refractivity contribution in [3.63, 3.8) is 0 Å². The van der Waals surface area contributed by atoms with Gasteiger partial charge in [0.2, 0.25) is 0 Å². The maximum atomic E-state index is 12.3. The summed E-state index contributed by atoms with van der Waals surface area (Å²) in [7, 11) is 1.85. The van der Waals surface area contributed by atoms with Crippen molar-refractivity contribution in [3.8, 4) is 0 Å². The summed E-state index contributed by atoms with van der Waals surface area (Å²) in [6.07, 6.45) is 0. The van der Waals surface area contributed by atoms with Gasteiger partial charge in [-0.2, -0.15) is 0 Å². The van der Waals surface area contributed by atoms with E-state index in [-0.39, 0.29) is 5.91 Å². The Morgan fingerprint density at radius 2 is 1.95 bits per heavy atom. The molecule has 1 N–H and O–H groups in total. The fourth-order valence-corrected chi connectivity index (χ4v) is 2.26. The predicted molar refractivity (Wildman–Crippen MR) is 79.8 cm³/mol. The first-order valence-electron chi connectivity index (χ1n) is 6.44. The third-order valence-corrected chi connectivity index (χ3v) is 3.27. The molecule has 1 amide bonds. The molecule has 0 aliphatic heterocycles. The number of anilines is 1. The SMILES string of the molecule is Cc1cccc(NC(=O)c2nc3ccccc3n2C)c1. The van der Waals surface area contributed by atoms with Crippen LogP contribution in [-0.2, 0) is 7.05 Å². The highest BCUT2D eigenvalue weighted by atomic mass is 16.2. The molecule has 0 spiro atoms. The number of carbonyl (C=O) groups excluding carboxylic acids is 1. The lowest BCUT2D eigenvalue weighted by atomic mass is 10.2. The molecule has 0 fully saturated rings. The van der Waals surface area contributed by atoms with E-state index in [1.807, 2.05) is 62.5 Å². The van der Waals surface area contributed by atoms with E-state index in [4.69, 9.17) is 0 Å². The predicted octanol–water partition coefficient (Wildman–Crippen LogP) is 3.13. The number of para-hydroxylation sites is 2. The van der Waals surface area contributed by atoms with Crippen LogP contribution in [0.25, 0.3) is 11.0 Å². The summed E-state index contributed by atoms with van der Waals surface area (Å²) in [5.74, 6) is 0.210. The Balaban J connectivity index is 1.95. The molecule has 3 aromatic rings. The highest BCUT2D eigenvalue weighted by molar-refractivity contribution is 6.03. The van der Waals surface area contributed by atoms with Gasteiger partial charge in [-0.25, -0.2) is 4.98 Å². The van der Waals surface area contributed by atoms with Crippen molar-refractivity contribution < 1.29 is 4.79 Å². The number of fused-ring (bicyclic) bond motifs is 1. The number of hydrogen-bond donors (Lipinski definition) is 1. The first kappa shape index (κ1) is 12.4. The standard InChI is InChI=1S/C16H15N3O/c1-11-6-5-7-12(10-11)17-16(20)15-18-13-8-3-4-9-14(13)19(15)2/h3-10H,1-2H3,(H,17,20). The van der Waals surface area contributed by atoms with Gasteiger partial charge in [0.05, 0.1) is 11.0 Å². The Bertz CT molecular complexity index is 789. The summed E-state index contributed by atoms with van der Waals surface area (Å²) in [4.78, 5) is 16.7. The zero-order valence-electron chi connectivity index (χ0n) is 11.4. The van der Waals surface area contributed by atoms with Crippen molar-refractivity contribution in [1.82, 2.24) is 9.55 Å². The van der Waals surface area contributed by atoms with Crippen LogP contribution in [0.5, 0.6) is 0 Å². The van der Waals surface area contributed by atoms with Gasteiger partial charge in [-0.3, -0.25) is 4.79 Å². The summed E-state index contributed by atoms with van der Waals surface area (Å²) in [6.45, 7) is 1.99. The Morgan fingerprint density at radius 3 is 2.70 bits per heavy atom. The number of rotatable bonds is 2. The van der Waals surface area contributed by atoms with Gasteiger partial charge < -0.3 is 9.88 Å². The van der Waals surface area contributed by atoms with E-state index in [1.54, 1.807) is 4.57 Å². The first-order chi connectivity index (χ1) is 9.65. The van der Waals surface area contributed by atoms with E-state index in [0.29, 0.717) is 5.82 Å². The van der Waals surface area contributed by atoms with Crippen LogP contribution in [0, 0.1) is 6.92 Å². The third kappa shape index (κ3) is 2.16. The monoisotopic (exact) mass is 265 g/mol. The van der Waals surface area contributed by atoms with Gasteiger partial charge >= 0.3 is 0 Å². The number of nitrogens with zero attached hydrogens (tertiary/aromatic N) is 2. The number of aryl methyl sites for hydroxylation is 2. The van der Waals surface area contributed by atoms with E-state index in [0.717, 1.165) is 22.3 Å². The lowest BCUT2D eigenvalue weighted by Gasteiger charge is -2.05. The molecule has 2 aromatic carbocycles. The molecule has 4 nitrogen and oxygen atoms in total. The number of carbonyl (C=O) groups is 1. The zero-order valence-corrected chi connectivity index (χ0v) is 11.4. The Hall–Kier alpha value is -2.62. The van der Waals surface area contributed by atoms with Crippen LogP contribution >= 0.6 is 0 Å². The summed E-state index contributed by atoms with van der Waals surface area (Å²) in [6, 6.07) is 15.4. The lowest BCUT2D eigenvalue weighted by molar-refractivity contribution is 0.101. The Kier molecular flexibility index (Phi) is 2.99. The molecule has 4 heteroatoms. The van der Waals surface area contributed by atoms with Gasteiger partial charge in [0.15, 0.2) is 5.82 Å². The van der Waals surface area contributed by atoms with Gasteiger partial charge in [-0.15, -0.1) is 0 Å². The largest absolute Gasteiger partial charge is 0.323 e. The Morgan fingerprint density at radius 1 is 1.15 bits per heavy atom. The van der Waals surface area contributed by atoms with Gasteiger partial charge in [0.1, 0.15) is 0 Å². The van der Waals surface area contributed by atoms with Gasteiger partial charge in [0.25, 0.3) is 5.91 Å². The molecule has 0 atom stereocenters. The second-order valence-corrected chi connectivity index (χ2v) is 4.81. The van der Waals surface area contributed by atoms with E-state index in [1.165, 1.54) is 0 Å².